The van der Waals surface area contributed by atoms with Crippen molar-refractivity contribution in [3.05, 3.63) is 76.4 Å². The van der Waals surface area contributed by atoms with Crippen molar-refractivity contribution in [3.8, 4) is 12.1 Å². The van der Waals surface area contributed by atoms with Gasteiger partial charge in [-0.05, 0) is 74.1 Å². The number of hydrogen-bond donors (Lipinski definition) is 3. The van der Waals surface area contributed by atoms with E-state index in [1.165, 1.54) is 6.08 Å². The minimum Gasteiger partial charge on any atom is -0.442 e. The van der Waals surface area contributed by atoms with Gasteiger partial charge in [-0.1, -0.05) is 30.3 Å². The van der Waals surface area contributed by atoms with Gasteiger partial charge in [-0.25, -0.2) is 4.79 Å². The molecule has 1 heterocycles. The van der Waals surface area contributed by atoms with Crippen molar-refractivity contribution in [2.24, 2.45) is 0 Å². The fourth-order valence-corrected chi connectivity index (χ4v) is 4.60. The van der Waals surface area contributed by atoms with E-state index in [2.05, 4.69) is 11.4 Å². The largest absolute Gasteiger partial charge is 0.475 e. The maximum atomic E-state index is 13.2. The van der Waals surface area contributed by atoms with Gasteiger partial charge in [0.1, 0.15) is 17.7 Å². The van der Waals surface area contributed by atoms with Crippen LogP contribution in [0.1, 0.15) is 55.0 Å². The van der Waals surface area contributed by atoms with Crippen LogP contribution in [-0.4, -0.2) is 65.8 Å². The smallest absolute Gasteiger partial charge is 0.442 e. The summed E-state index contributed by atoms with van der Waals surface area (Å²) in [4.78, 5) is 27.5. The highest BCUT2D eigenvalue weighted by Gasteiger charge is 2.28. The van der Waals surface area contributed by atoms with E-state index in [-0.39, 0.29) is 23.6 Å². The topological polar surface area (TPSA) is 156 Å². The Balaban J connectivity index is 1.76. The Morgan fingerprint density at radius 3 is 2.50 bits per heavy atom. The summed E-state index contributed by atoms with van der Waals surface area (Å²) in [6, 6.07) is 17.8. The van der Waals surface area contributed by atoms with Gasteiger partial charge in [-0.2, -0.15) is 10.5 Å². The Morgan fingerprint density at radius 2 is 1.90 bits per heavy atom. The molecule has 2 unspecified atom stereocenters. The summed E-state index contributed by atoms with van der Waals surface area (Å²) in [5.74, 6) is -1.40. The van der Waals surface area contributed by atoms with Crippen molar-refractivity contribution in [2.45, 2.75) is 51.2 Å². The van der Waals surface area contributed by atoms with Gasteiger partial charge in [-0.3, -0.25) is 4.79 Å². The first-order valence-corrected chi connectivity index (χ1v) is 13.2. The van der Waals surface area contributed by atoms with Gasteiger partial charge in [0.25, 0.3) is 5.91 Å². The van der Waals surface area contributed by atoms with Crippen LogP contribution < -0.4 is 5.32 Å². The van der Waals surface area contributed by atoms with Crippen LogP contribution >= 0.6 is 0 Å². The summed E-state index contributed by atoms with van der Waals surface area (Å²) < 4.78 is 10.9. The van der Waals surface area contributed by atoms with Gasteiger partial charge in [0.05, 0.1) is 17.6 Å². The Kier molecular flexibility index (Phi) is 11.3. The number of alkyl carbamates (subject to hydrolysis) is 1. The summed E-state index contributed by atoms with van der Waals surface area (Å²) >= 11 is 0. The van der Waals surface area contributed by atoms with E-state index in [1.54, 1.807) is 54.3 Å². The summed E-state index contributed by atoms with van der Waals surface area (Å²) in [5.41, 5.74) is 1.89. The molecule has 1 fully saturated rings. The first-order chi connectivity index (χ1) is 19.2. The second kappa shape index (κ2) is 14.8. The number of benzene rings is 2. The average molecular weight is 544 g/mol. The lowest BCUT2D eigenvalue weighted by Crippen LogP contribution is -2.48. The van der Waals surface area contributed by atoms with E-state index in [0.29, 0.717) is 43.7 Å². The lowest BCUT2D eigenvalue weighted by Gasteiger charge is -2.33. The van der Waals surface area contributed by atoms with Crippen molar-refractivity contribution < 1.29 is 29.1 Å². The number of nitrogens with one attached hydrogen (secondary N) is 1. The molecule has 3 rings (SSSR count). The molecule has 11 heteroatoms. The van der Waals surface area contributed by atoms with Crippen molar-refractivity contribution in [1.29, 1.82) is 10.5 Å². The van der Waals surface area contributed by atoms with Crippen LogP contribution in [0.15, 0.2) is 54.1 Å². The monoisotopic (exact) mass is 544 g/mol. The molecule has 1 aliphatic rings. The number of likely N-dealkylation sites (N-methyl/N-ethyl adjacent to an activating group) is 1. The van der Waals surface area contributed by atoms with Crippen LogP contribution in [0.25, 0.3) is 6.08 Å². The molecule has 0 aromatic heterocycles. The lowest BCUT2D eigenvalue weighted by atomic mass is 9.76. The fourth-order valence-electron chi connectivity index (χ4n) is 4.60. The normalized spacial score (nSPS) is 15.2. The Labute approximate surface area is 234 Å². The quantitative estimate of drug-likeness (QED) is 0.234. The summed E-state index contributed by atoms with van der Waals surface area (Å²) in [6.07, 6.45) is 1.30. The minimum absolute atomic E-state index is 0.0147. The maximum absolute atomic E-state index is 13.2. The van der Waals surface area contributed by atoms with E-state index >= 15 is 0 Å². The van der Waals surface area contributed by atoms with E-state index < -0.39 is 31.2 Å². The van der Waals surface area contributed by atoms with Crippen LogP contribution in [0.2, 0.25) is 0 Å². The summed E-state index contributed by atoms with van der Waals surface area (Å²) in [5, 5.41) is 41.3. The van der Waals surface area contributed by atoms with E-state index in [4.69, 9.17) is 9.47 Å². The van der Waals surface area contributed by atoms with Crippen molar-refractivity contribution in [3.63, 3.8) is 0 Å². The maximum Gasteiger partial charge on any atom is 0.475 e. The molecule has 0 spiro atoms. The Bertz CT molecular complexity index is 1280. The molecule has 0 bridgehead atoms. The van der Waals surface area contributed by atoms with Crippen LogP contribution in [0.3, 0.4) is 0 Å². The Morgan fingerprint density at radius 1 is 1.20 bits per heavy atom. The minimum atomic E-state index is -1.81. The summed E-state index contributed by atoms with van der Waals surface area (Å²) in [6.45, 7) is 5.03. The number of ether oxygens (including phenoxy) is 2. The molecule has 0 aliphatic carbocycles. The number of nitrogens with zero attached hydrogens (tertiary/aromatic N) is 3. The highest BCUT2D eigenvalue weighted by Crippen LogP contribution is 2.23. The van der Waals surface area contributed by atoms with Crippen LogP contribution in [-0.2, 0) is 20.7 Å². The zero-order valence-electron chi connectivity index (χ0n) is 22.6. The van der Waals surface area contributed by atoms with Gasteiger partial charge in [0, 0.05) is 25.8 Å². The van der Waals surface area contributed by atoms with Gasteiger partial charge >= 0.3 is 13.2 Å². The highest BCUT2D eigenvalue weighted by molar-refractivity contribution is 6.43. The second-order valence-electron chi connectivity index (χ2n) is 9.51. The molecule has 0 radical (unpaired) electrons. The number of hydrogen-bond acceptors (Lipinski definition) is 8. The second-order valence-corrected chi connectivity index (χ2v) is 9.51. The first-order valence-electron chi connectivity index (χ1n) is 13.2. The number of carbonyl (C=O) groups excluding carboxylic acids is 2. The lowest BCUT2D eigenvalue weighted by molar-refractivity contribution is -0.130. The van der Waals surface area contributed by atoms with Gasteiger partial charge in [-0.15, -0.1) is 0 Å². The standard InChI is InChI=1S/C29H33BN4O6/c1-3-34(26-9-11-39-12-10-26)28(35)25(19-32)15-22-13-23(18-31)16-24(14-22)20(2)40-29(36)33-27(30(37)38)17-21-7-5-4-6-8-21/h4-8,13-16,20,26-27,37-38H,3,9-12,17H2,1-2H3,(H,33,36). The predicted octanol–water partition coefficient (Wildman–Crippen LogP) is 2.90. The molecular formula is C29H33BN4O6. The third kappa shape index (κ3) is 8.42. The van der Waals surface area contributed by atoms with Crippen molar-refractivity contribution in [1.82, 2.24) is 10.2 Å². The van der Waals surface area contributed by atoms with E-state index in [1.807, 2.05) is 19.1 Å². The molecule has 3 N–H and O–H groups in total. The number of nitriles is 2. The van der Waals surface area contributed by atoms with Crippen LogP contribution in [0, 0.1) is 22.7 Å². The molecular weight excluding hydrogens is 511 g/mol. The third-order valence-electron chi connectivity index (χ3n) is 6.72. The van der Waals surface area contributed by atoms with Crippen molar-refractivity contribution >= 4 is 25.2 Å². The van der Waals surface area contributed by atoms with Gasteiger partial charge in [0.2, 0.25) is 0 Å². The molecule has 208 valence electrons. The van der Waals surface area contributed by atoms with Crippen molar-refractivity contribution in [2.75, 3.05) is 19.8 Å². The fraction of sp³-hybridized carbons (Fsp3) is 0.379. The Hall–Kier alpha value is -4.16. The van der Waals surface area contributed by atoms with Crippen LogP contribution in [0.4, 0.5) is 4.79 Å². The molecule has 1 saturated heterocycles. The summed E-state index contributed by atoms with van der Waals surface area (Å²) in [7, 11) is -1.81. The predicted molar refractivity (Wildman–Crippen MR) is 148 cm³/mol. The van der Waals surface area contributed by atoms with E-state index in [0.717, 1.165) is 5.56 Å². The number of amides is 2. The zero-order valence-corrected chi connectivity index (χ0v) is 22.6. The molecule has 2 atom stereocenters. The molecule has 0 saturated carbocycles. The molecule has 2 aromatic carbocycles. The highest BCUT2D eigenvalue weighted by atomic mass is 16.6. The molecule has 10 nitrogen and oxygen atoms in total. The van der Waals surface area contributed by atoms with Gasteiger partial charge < -0.3 is 29.7 Å². The first kappa shape index (κ1) is 30.4. The molecule has 1 aliphatic heterocycles. The number of rotatable bonds is 10. The molecule has 2 aromatic rings. The molecule has 2 amide bonds. The number of carbonyl (C=O) groups is 2. The van der Waals surface area contributed by atoms with E-state index in [9.17, 15) is 30.2 Å². The zero-order chi connectivity index (χ0) is 29.1. The molecule has 40 heavy (non-hydrogen) atoms. The van der Waals surface area contributed by atoms with Gasteiger partial charge in [0.15, 0.2) is 0 Å². The third-order valence-corrected chi connectivity index (χ3v) is 6.72. The van der Waals surface area contributed by atoms with Crippen LogP contribution in [0.5, 0.6) is 0 Å². The SMILES string of the molecule is CCN(C(=O)C(C#N)=Cc1cc(C#N)cc(C(C)OC(=O)NC(Cc2ccccc2)B(O)O)c1)C1CCOCC1. The average Bonchev–Trinajstić information content (AvgIpc) is 2.96.